The molecule has 1 heterocycles. The molecule has 0 bridgehead atoms. The minimum atomic E-state index is -3.11. The van der Waals surface area contributed by atoms with Gasteiger partial charge in [0.05, 0.1) is 11.0 Å². The van der Waals surface area contributed by atoms with Crippen molar-refractivity contribution in [1.82, 2.24) is 4.90 Å². The lowest BCUT2D eigenvalue weighted by molar-refractivity contribution is 0.0659. The Bertz CT molecular complexity index is 878. The van der Waals surface area contributed by atoms with Crippen molar-refractivity contribution in [2.24, 2.45) is 5.92 Å². The van der Waals surface area contributed by atoms with Crippen LogP contribution in [0.3, 0.4) is 0 Å². The largest absolute Gasteiger partial charge is 0.336 e. The number of carbonyl (C=O) groups excluding carboxylic acids is 1. The van der Waals surface area contributed by atoms with Crippen LogP contribution in [-0.2, 0) is 9.84 Å². The molecule has 0 spiro atoms. The number of nitrogens with zero attached hydrogens (tertiary/aromatic N) is 1. The lowest BCUT2D eigenvalue weighted by Crippen LogP contribution is -2.57. The minimum Gasteiger partial charge on any atom is -0.336 e. The number of amides is 1. The summed E-state index contributed by atoms with van der Waals surface area (Å²) in [5, 5.41) is -0.416. The molecule has 0 N–H and O–H groups in total. The monoisotopic (exact) mass is 371 g/mol. The molecule has 0 aromatic heterocycles. The maximum absolute atomic E-state index is 12.5. The fraction of sp³-hybridized carbons (Fsp3) is 0.381. The Morgan fingerprint density at radius 1 is 1.00 bits per heavy atom. The van der Waals surface area contributed by atoms with Crippen LogP contribution in [0.25, 0.3) is 11.1 Å². The summed E-state index contributed by atoms with van der Waals surface area (Å²) in [4.78, 5) is 14.2. The first-order valence-electron chi connectivity index (χ1n) is 8.94. The Morgan fingerprint density at radius 3 is 2.00 bits per heavy atom. The summed E-state index contributed by atoms with van der Waals surface area (Å²) in [6.45, 7) is 6.44. The average molecular weight is 372 g/mol. The zero-order valence-corrected chi connectivity index (χ0v) is 16.3. The van der Waals surface area contributed by atoms with E-state index in [1.54, 1.807) is 4.90 Å². The second-order valence-electron chi connectivity index (χ2n) is 7.50. The van der Waals surface area contributed by atoms with Gasteiger partial charge in [-0.1, -0.05) is 55.8 Å². The summed E-state index contributed by atoms with van der Waals surface area (Å²) in [5.41, 5.74) is 3.97. The van der Waals surface area contributed by atoms with Crippen LogP contribution in [0.2, 0.25) is 0 Å². The second kappa shape index (κ2) is 7.23. The lowest BCUT2D eigenvalue weighted by Gasteiger charge is -2.39. The number of benzene rings is 2. The van der Waals surface area contributed by atoms with E-state index in [-0.39, 0.29) is 17.6 Å². The number of rotatable bonds is 5. The minimum absolute atomic E-state index is 0.101. The molecule has 1 fully saturated rings. The van der Waals surface area contributed by atoms with Gasteiger partial charge in [-0.2, -0.15) is 0 Å². The van der Waals surface area contributed by atoms with Gasteiger partial charge in [0.15, 0.2) is 9.84 Å². The Morgan fingerprint density at radius 2 is 1.50 bits per heavy atom. The highest BCUT2D eigenvalue weighted by molar-refractivity contribution is 7.92. The van der Waals surface area contributed by atoms with Crippen molar-refractivity contribution in [3.05, 3.63) is 59.7 Å². The molecule has 0 radical (unpaired) electrons. The van der Waals surface area contributed by atoms with E-state index >= 15 is 0 Å². The van der Waals surface area contributed by atoms with Gasteiger partial charge in [0.2, 0.25) is 0 Å². The molecule has 0 unspecified atom stereocenters. The number of hydrogen-bond acceptors (Lipinski definition) is 3. The first-order valence-corrected chi connectivity index (χ1v) is 10.7. The Hall–Kier alpha value is -2.14. The molecule has 5 heteroatoms. The number of sulfone groups is 1. The highest BCUT2D eigenvalue weighted by Crippen LogP contribution is 2.24. The van der Waals surface area contributed by atoms with Gasteiger partial charge in [0, 0.05) is 18.7 Å². The van der Waals surface area contributed by atoms with Crippen LogP contribution in [0, 0.1) is 12.8 Å². The molecule has 1 aliphatic rings. The second-order valence-corrected chi connectivity index (χ2v) is 9.82. The summed E-state index contributed by atoms with van der Waals surface area (Å²) in [5.74, 6) is 0.195. The molecular weight excluding hydrogens is 346 g/mol. The summed E-state index contributed by atoms with van der Waals surface area (Å²) >= 11 is 0. The van der Waals surface area contributed by atoms with Crippen LogP contribution in [0.1, 0.15) is 29.8 Å². The van der Waals surface area contributed by atoms with Crippen LogP contribution in [-0.4, -0.2) is 43.3 Å². The van der Waals surface area contributed by atoms with Gasteiger partial charge in [-0.25, -0.2) is 8.42 Å². The predicted molar refractivity (Wildman–Crippen MR) is 105 cm³/mol. The molecule has 2 aromatic rings. The van der Waals surface area contributed by atoms with E-state index in [9.17, 15) is 13.2 Å². The van der Waals surface area contributed by atoms with E-state index in [0.717, 1.165) is 11.1 Å². The molecule has 0 atom stereocenters. The van der Waals surface area contributed by atoms with Crippen LogP contribution >= 0.6 is 0 Å². The fourth-order valence-electron chi connectivity index (χ4n) is 3.17. The zero-order valence-electron chi connectivity index (χ0n) is 15.5. The number of carbonyl (C=O) groups is 1. The first-order chi connectivity index (χ1) is 12.3. The molecule has 0 saturated carbocycles. The van der Waals surface area contributed by atoms with Gasteiger partial charge in [-0.15, -0.1) is 0 Å². The van der Waals surface area contributed by atoms with Gasteiger partial charge in [-0.05, 0) is 36.1 Å². The molecule has 0 aliphatic carbocycles. The number of hydrogen-bond donors (Lipinski definition) is 0. The fourth-order valence-corrected chi connectivity index (χ4v) is 5.18. The molecular formula is C21H25NO3S. The van der Waals surface area contributed by atoms with Crippen molar-refractivity contribution in [1.29, 1.82) is 0 Å². The summed E-state index contributed by atoms with van der Waals surface area (Å²) in [6, 6.07) is 15.7. The normalized spacial score (nSPS) is 15.2. The molecule has 4 nitrogen and oxygen atoms in total. The van der Waals surface area contributed by atoms with Gasteiger partial charge in [0.25, 0.3) is 5.91 Å². The Kier molecular flexibility index (Phi) is 5.19. The van der Waals surface area contributed by atoms with E-state index in [1.807, 2.05) is 45.0 Å². The van der Waals surface area contributed by atoms with Crippen LogP contribution < -0.4 is 0 Å². The SMILES string of the molecule is Cc1ccc(-c2ccc(C(=O)N3CC(S(=O)(=O)CC(C)C)C3)cc2)cc1. The smallest absolute Gasteiger partial charge is 0.253 e. The molecule has 138 valence electrons. The van der Waals surface area contributed by atoms with Gasteiger partial charge >= 0.3 is 0 Å². The van der Waals surface area contributed by atoms with Crippen molar-refractivity contribution < 1.29 is 13.2 Å². The van der Waals surface area contributed by atoms with E-state index in [2.05, 4.69) is 24.3 Å². The summed E-state index contributed by atoms with van der Waals surface area (Å²) < 4.78 is 24.4. The van der Waals surface area contributed by atoms with Gasteiger partial charge in [-0.3, -0.25) is 4.79 Å². The molecule has 1 saturated heterocycles. The third-order valence-corrected chi connectivity index (χ3v) is 7.17. The molecule has 1 aliphatic heterocycles. The maximum Gasteiger partial charge on any atom is 0.253 e. The quantitative estimate of drug-likeness (QED) is 0.807. The van der Waals surface area contributed by atoms with Gasteiger partial charge < -0.3 is 4.90 Å². The van der Waals surface area contributed by atoms with Crippen molar-refractivity contribution in [2.45, 2.75) is 26.0 Å². The van der Waals surface area contributed by atoms with Gasteiger partial charge in [0.1, 0.15) is 0 Å². The van der Waals surface area contributed by atoms with E-state index < -0.39 is 15.1 Å². The Labute approximate surface area is 155 Å². The van der Waals surface area contributed by atoms with Crippen molar-refractivity contribution in [3.8, 4) is 11.1 Å². The van der Waals surface area contributed by atoms with Crippen molar-refractivity contribution in [3.63, 3.8) is 0 Å². The van der Waals surface area contributed by atoms with E-state index in [0.29, 0.717) is 18.7 Å². The summed E-state index contributed by atoms with van der Waals surface area (Å²) in [6.07, 6.45) is 0. The number of likely N-dealkylation sites (tertiary alicyclic amines) is 1. The lowest BCUT2D eigenvalue weighted by atomic mass is 10.0. The highest BCUT2D eigenvalue weighted by Gasteiger charge is 2.39. The van der Waals surface area contributed by atoms with Crippen LogP contribution in [0.5, 0.6) is 0 Å². The molecule has 2 aromatic carbocycles. The molecule has 3 rings (SSSR count). The third kappa shape index (κ3) is 3.98. The first kappa shape index (κ1) is 18.6. The van der Waals surface area contributed by atoms with Crippen molar-refractivity contribution in [2.75, 3.05) is 18.8 Å². The van der Waals surface area contributed by atoms with Crippen LogP contribution in [0.15, 0.2) is 48.5 Å². The van der Waals surface area contributed by atoms with E-state index in [4.69, 9.17) is 0 Å². The number of aryl methyl sites for hydroxylation is 1. The topological polar surface area (TPSA) is 54.5 Å². The molecule has 1 amide bonds. The van der Waals surface area contributed by atoms with Crippen LogP contribution in [0.4, 0.5) is 0 Å². The van der Waals surface area contributed by atoms with E-state index in [1.165, 1.54) is 5.56 Å². The standard InChI is InChI=1S/C21H25NO3S/c1-15(2)14-26(24,25)20-12-22(13-20)21(23)19-10-8-18(9-11-19)17-6-4-16(3)5-7-17/h4-11,15,20H,12-14H2,1-3H3. The average Bonchev–Trinajstić information content (AvgIpc) is 2.52. The third-order valence-electron chi connectivity index (χ3n) is 4.73. The zero-order chi connectivity index (χ0) is 18.9. The predicted octanol–water partition coefficient (Wildman–Crippen LogP) is 3.56. The molecule has 26 heavy (non-hydrogen) atoms. The van der Waals surface area contributed by atoms with Crippen molar-refractivity contribution >= 4 is 15.7 Å². The Balaban J connectivity index is 1.64. The maximum atomic E-state index is 12.5. The highest BCUT2D eigenvalue weighted by atomic mass is 32.2. The summed E-state index contributed by atoms with van der Waals surface area (Å²) in [7, 11) is -3.11.